The molecule has 5 fully saturated rings. The molecule has 0 spiro atoms. The minimum Gasteiger partial charge on any atom is -0.353 e. The van der Waals surface area contributed by atoms with Crippen LogP contribution in [0.25, 0.3) is 0 Å². The summed E-state index contributed by atoms with van der Waals surface area (Å²) in [6.07, 6.45) is 15.1. The van der Waals surface area contributed by atoms with Crippen LogP contribution in [0.4, 0.5) is 0 Å². The standard InChI is InChI=1S/C32H54BrNO/c1-27(2)13-14-29(5)15-16-31(7)22(23(29)19-27)9-10-25-30(6)18-21(34-26(35)20-33)17-28(3,4)24(30)11-12-32(25,31)8/h21-25H,9-20H2,1-8H3,(H,34,35)/t21?,22-,23-,24?,25-,29-,30+,31-,32-/m1/s1. The van der Waals surface area contributed by atoms with Crippen LogP contribution in [0.5, 0.6) is 0 Å². The summed E-state index contributed by atoms with van der Waals surface area (Å²) in [6, 6.07) is 0.318. The Morgan fingerprint density at radius 1 is 0.743 bits per heavy atom. The van der Waals surface area contributed by atoms with E-state index in [-0.39, 0.29) is 11.3 Å². The van der Waals surface area contributed by atoms with Gasteiger partial charge in [0.1, 0.15) is 0 Å². The molecule has 0 saturated heterocycles. The maximum absolute atomic E-state index is 12.4. The average molecular weight is 549 g/mol. The lowest BCUT2D eigenvalue weighted by molar-refractivity contribution is -0.245. The number of halogens is 1. The molecular formula is C32H54BrNO. The number of carbonyl (C=O) groups excluding carboxylic acids is 1. The lowest BCUT2D eigenvalue weighted by atomic mass is 9.31. The van der Waals surface area contributed by atoms with Gasteiger partial charge in [0.05, 0.1) is 5.33 Å². The SMILES string of the molecule is CC1(C)CC[C@]2(C)CC[C@]3(C)[C@H](CC[C@@H]4[C@@]5(C)CC(NC(=O)CBr)CC(C)(C)C5CC[C@]43C)[C@H]2C1. The fraction of sp³-hybridized carbons (Fsp3) is 0.969. The number of fused-ring (bicyclic) bond motifs is 7. The van der Waals surface area contributed by atoms with Crippen LogP contribution in [0.2, 0.25) is 0 Å². The maximum Gasteiger partial charge on any atom is 0.230 e. The summed E-state index contributed by atoms with van der Waals surface area (Å²) < 4.78 is 0. The molecule has 0 aromatic carbocycles. The molecule has 5 aliphatic carbocycles. The Kier molecular flexibility index (Phi) is 6.24. The highest BCUT2D eigenvalue weighted by Crippen LogP contribution is 2.76. The van der Waals surface area contributed by atoms with Crippen molar-refractivity contribution in [2.45, 2.75) is 132 Å². The van der Waals surface area contributed by atoms with Gasteiger partial charge in [0.25, 0.3) is 0 Å². The third-order valence-electron chi connectivity index (χ3n) is 13.8. The van der Waals surface area contributed by atoms with Crippen LogP contribution in [0.3, 0.4) is 0 Å². The van der Waals surface area contributed by atoms with Gasteiger partial charge in [-0.15, -0.1) is 0 Å². The molecule has 3 heteroatoms. The van der Waals surface area contributed by atoms with Crippen LogP contribution >= 0.6 is 15.9 Å². The van der Waals surface area contributed by atoms with Gasteiger partial charge in [0.2, 0.25) is 5.91 Å². The van der Waals surface area contributed by atoms with Crippen molar-refractivity contribution in [3.8, 4) is 0 Å². The summed E-state index contributed by atoms with van der Waals surface area (Å²) in [5.41, 5.74) is 2.56. The van der Waals surface area contributed by atoms with E-state index in [1.54, 1.807) is 0 Å². The van der Waals surface area contributed by atoms with Crippen LogP contribution < -0.4 is 5.32 Å². The van der Waals surface area contributed by atoms with Crippen molar-refractivity contribution in [2.75, 3.05) is 5.33 Å². The van der Waals surface area contributed by atoms with Crippen molar-refractivity contribution >= 4 is 21.8 Å². The topological polar surface area (TPSA) is 29.1 Å². The van der Waals surface area contributed by atoms with E-state index in [0.29, 0.717) is 38.4 Å². The van der Waals surface area contributed by atoms with E-state index in [4.69, 9.17) is 0 Å². The molecule has 0 aliphatic heterocycles. The second-order valence-electron chi connectivity index (χ2n) is 16.6. The third-order valence-corrected chi connectivity index (χ3v) is 14.3. The Balaban J connectivity index is 1.50. The average Bonchev–Trinajstić information content (AvgIpc) is 2.74. The first-order valence-corrected chi connectivity index (χ1v) is 16.1. The molecule has 200 valence electrons. The number of amides is 1. The van der Waals surface area contributed by atoms with Crippen molar-refractivity contribution in [3.05, 3.63) is 0 Å². The zero-order valence-corrected chi connectivity index (χ0v) is 25.7. The molecule has 0 aromatic rings. The highest BCUT2D eigenvalue weighted by molar-refractivity contribution is 9.09. The number of nitrogens with one attached hydrogen (secondary N) is 1. The molecule has 35 heavy (non-hydrogen) atoms. The lowest BCUT2D eigenvalue weighted by Gasteiger charge is -2.73. The first-order chi connectivity index (χ1) is 16.1. The molecule has 5 rings (SSSR count). The van der Waals surface area contributed by atoms with E-state index in [9.17, 15) is 4.79 Å². The predicted octanol–water partition coefficient (Wildman–Crippen LogP) is 8.77. The Hall–Kier alpha value is -0.0500. The summed E-state index contributed by atoms with van der Waals surface area (Å²) in [7, 11) is 0. The molecule has 2 nitrogen and oxygen atoms in total. The number of carbonyl (C=O) groups is 1. The third kappa shape index (κ3) is 3.84. The quantitative estimate of drug-likeness (QED) is 0.343. The van der Waals surface area contributed by atoms with Crippen LogP contribution in [0.1, 0.15) is 126 Å². The van der Waals surface area contributed by atoms with E-state index >= 15 is 0 Å². The van der Waals surface area contributed by atoms with Gasteiger partial charge < -0.3 is 5.32 Å². The summed E-state index contributed by atoms with van der Waals surface area (Å²) in [6.45, 7) is 20.9. The van der Waals surface area contributed by atoms with Gasteiger partial charge in [0.15, 0.2) is 0 Å². The van der Waals surface area contributed by atoms with E-state index in [1.807, 2.05) is 0 Å². The molecule has 5 saturated carbocycles. The van der Waals surface area contributed by atoms with Gasteiger partial charge in [-0.05, 0) is 127 Å². The first-order valence-electron chi connectivity index (χ1n) is 15.0. The predicted molar refractivity (Wildman–Crippen MR) is 150 cm³/mol. The van der Waals surface area contributed by atoms with Crippen LogP contribution in [0, 0.1) is 56.2 Å². The van der Waals surface area contributed by atoms with Gasteiger partial charge in [-0.2, -0.15) is 0 Å². The number of hydrogen-bond donors (Lipinski definition) is 1. The lowest BCUT2D eigenvalue weighted by Crippen LogP contribution is -2.67. The molecule has 2 unspecified atom stereocenters. The fourth-order valence-electron chi connectivity index (χ4n) is 12.0. The summed E-state index contributed by atoms with van der Waals surface area (Å²) >= 11 is 3.39. The Morgan fingerprint density at radius 3 is 2.11 bits per heavy atom. The van der Waals surface area contributed by atoms with Crippen molar-refractivity contribution in [2.24, 2.45) is 56.2 Å². The van der Waals surface area contributed by atoms with Gasteiger partial charge in [-0.1, -0.05) is 71.3 Å². The number of hydrogen-bond acceptors (Lipinski definition) is 1. The molecule has 5 aliphatic rings. The Morgan fingerprint density at radius 2 is 1.43 bits per heavy atom. The zero-order chi connectivity index (χ0) is 25.7. The molecule has 9 atom stereocenters. The van der Waals surface area contributed by atoms with Crippen molar-refractivity contribution in [1.82, 2.24) is 5.32 Å². The van der Waals surface area contributed by atoms with Gasteiger partial charge in [-0.3, -0.25) is 4.79 Å². The highest BCUT2D eigenvalue weighted by Gasteiger charge is 2.69. The van der Waals surface area contributed by atoms with Crippen LogP contribution in [-0.4, -0.2) is 17.3 Å². The molecule has 0 aromatic heterocycles. The Labute approximate surface area is 225 Å². The number of alkyl halides is 1. The van der Waals surface area contributed by atoms with Crippen molar-refractivity contribution in [3.63, 3.8) is 0 Å². The van der Waals surface area contributed by atoms with E-state index < -0.39 is 0 Å². The highest BCUT2D eigenvalue weighted by atomic mass is 79.9. The first kappa shape index (κ1) is 26.6. The summed E-state index contributed by atoms with van der Waals surface area (Å²) in [4.78, 5) is 12.4. The fourth-order valence-corrected chi connectivity index (χ4v) is 12.2. The molecule has 1 N–H and O–H groups in total. The smallest absolute Gasteiger partial charge is 0.230 e. The normalized spacial score (nSPS) is 52.3. The molecular weight excluding hydrogens is 494 g/mol. The Bertz CT molecular complexity index is 866. The summed E-state index contributed by atoms with van der Waals surface area (Å²) in [5.74, 6) is 3.50. The molecule has 0 heterocycles. The van der Waals surface area contributed by atoms with Crippen LogP contribution in [0.15, 0.2) is 0 Å². The van der Waals surface area contributed by atoms with Crippen molar-refractivity contribution < 1.29 is 4.79 Å². The zero-order valence-electron chi connectivity index (χ0n) is 24.2. The molecule has 0 radical (unpaired) electrons. The number of rotatable bonds is 2. The van der Waals surface area contributed by atoms with Crippen molar-refractivity contribution in [1.29, 1.82) is 0 Å². The second-order valence-corrected chi connectivity index (χ2v) is 17.2. The van der Waals surface area contributed by atoms with E-state index in [1.165, 1.54) is 64.2 Å². The van der Waals surface area contributed by atoms with Gasteiger partial charge in [0, 0.05) is 6.04 Å². The van der Waals surface area contributed by atoms with Gasteiger partial charge in [-0.25, -0.2) is 0 Å². The largest absolute Gasteiger partial charge is 0.353 e. The van der Waals surface area contributed by atoms with E-state index in [2.05, 4.69) is 76.6 Å². The minimum atomic E-state index is 0.161. The summed E-state index contributed by atoms with van der Waals surface area (Å²) in [5, 5.41) is 3.84. The van der Waals surface area contributed by atoms with Crippen LogP contribution in [-0.2, 0) is 4.79 Å². The molecule has 0 bridgehead atoms. The maximum atomic E-state index is 12.4. The monoisotopic (exact) mass is 547 g/mol. The molecule has 1 amide bonds. The second kappa shape index (κ2) is 8.22. The minimum absolute atomic E-state index is 0.161. The van der Waals surface area contributed by atoms with Gasteiger partial charge >= 0.3 is 0 Å². The van der Waals surface area contributed by atoms with E-state index in [0.717, 1.165) is 30.1 Å².